The zero-order valence-electron chi connectivity index (χ0n) is 11.0. The minimum atomic E-state index is 0.135. The van der Waals surface area contributed by atoms with E-state index in [0.717, 1.165) is 44.3 Å². The highest BCUT2D eigenvalue weighted by Crippen LogP contribution is 2.24. The van der Waals surface area contributed by atoms with E-state index < -0.39 is 0 Å². The maximum atomic E-state index is 11.8. The summed E-state index contributed by atoms with van der Waals surface area (Å²) < 4.78 is 0. The average Bonchev–Trinajstić information content (AvgIpc) is 2.29. The highest BCUT2D eigenvalue weighted by atomic mass is 16.2. The Balaban J connectivity index is 2.22. The van der Waals surface area contributed by atoms with Crippen molar-refractivity contribution in [1.29, 1.82) is 0 Å². The topological polar surface area (TPSA) is 32.3 Å². The minimum absolute atomic E-state index is 0.135. The van der Waals surface area contributed by atoms with Crippen LogP contribution in [0.2, 0.25) is 0 Å². The molecule has 0 unspecified atom stereocenters. The van der Waals surface area contributed by atoms with E-state index >= 15 is 0 Å². The van der Waals surface area contributed by atoms with E-state index in [-0.39, 0.29) is 6.03 Å². The third-order valence-corrected chi connectivity index (χ3v) is 3.58. The first-order valence-electron chi connectivity index (χ1n) is 6.68. The summed E-state index contributed by atoms with van der Waals surface area (Å²) >= 11 is 0. The Morgan fingerprint density at radius 1 is 1.38 bits per heavy atom. The number of urea groups is 1. The van der Waals surface area contributed by atoms with Gasteiger partial charge >= 0.3 is 6.03 Å². The standard InChI is InChI=1S/C13H26N2O/c1-4-5-8-14-13(16)15-9-6-12(7-10-15)11(2)3/h11-12H,4-10H2,1-3H3,(H,14,16). The van der Waals surface area contributed by atoms with Crippen LogP contribution < -0.4 is 5.32 Å². The molecule has 2 amide bonds. The maximum Gasteiger partial charge on any atom is 0.317 e. The molecule has 16 heavy (non-hydrogen) atoms. The molecule has 0 atom stereocenters. The Morgan fingerprint density at radius 3 is 2.50 bits per heavy atom. The van der Waals surface area contributed by atoms with Gasteiger partial charge in [0.05, 0.1) is 0 Å². The first kappa shape index (κ1) is 13.3. The fraction of sp³-hybridized carbons (Fsp3) is 0.923. The molecule has 1 aliphatic heterocycles. The number of carbonyl (C=O) groups excluding carboxylic acids is 1. The Labute approximate surface area is 99.6 Å². The summed E-state index contributed by atoms with van der Waals surface area (Å²) in [4.78, 5) is 13.7. The van der Waals surface area contributed by atoms with Gasteiger partial charge in [0.2, 0.25) is 0 Å². The van der Waals surface area contributed by atoms with E-state index in [1.54, 1.807) is 0 Å². The van der Waals surface area contributed by atoms with Crippen molar-refractivity contribution in [3.05, 3.63) is 0 Å². The van der Waals surface area contributed by atoms with Gasteiger partial charge in [-0.3, -0.25) is 0 Å². The van der Waals surface area contributed by atoms with Crippen LogP contribution in [0.1, 0.15) is 46.5 Å². The molecule has 0 aromatic heterocycles. The summed E-state index contributed by atoms with van der Waals surface area (Å²) in [6.45, 7) is 9.38. The number of carbonyl (C=O) groups is 1. The Hall–Kier alpha value is -0.730. The third kappa shape index (κ3) is 4.03. The molecule has 94 valence electrons. The maximum absolute atomic E-state index is 11.8. The molecule has 1 fully saturated rings. The monoisotopic (exact) mass is 226 g/mol. The van der Waals surface area contributed by atoms with Crippen LogP contribution in [0.15, 0.2) is 0 Å². The summed E-state index contributed by atoms with van der Waals surface area (Å²) in [7, 11) is 0. The van der Waals surface area contributed by atoms with Gasteiger partial charge in [-0.1, -0.05) is 27.2 Å². The van der Waals surface area contributed by atoms with E-state index in [4.69, 9.17) is 0 Å². The summed E-state index contributed by atoms with van der Waals surface area (Å²) in [6, 6.07) is 0.135. The number of nitrogens with zero attached hydrogens (tertiary/aromatic N) is 1. The normalized spacial score (nSPS) is 17.9. The summed E-state index contributed by atoms with van der Waals surface area (Å²) in [5.74, 6) is 1.56. The number of hydrogen-bond acceptors (Lipinski definition) is 1. The SMILES string of the molecule is CCCCNC(=O)N1CCC(C(C)C)CC1. The number of nitrogens with one attached hydrogen (secondary N) is 1. The zero-order valence-corrected chi connectivity index (χ0v) is 11.0. The van der Waals surface area contributed by atoms with Crippen molar-refractivity contribution in [2.24, 2.45) is 11.8 Å². The van der Waals surface area contributed by atoms with E-state index in [1.165, 1.54) is 12.8 Å². The molecule has 1 rings (SSSR count). The lowest BCUT2D eigenvalue weighted by molar-refractivity contribution is 0.156. The van der Waals surface area contributed by atoms with Crippen LogP contribution in [0.25, 0.3) is 0 Å². The van der Waals surface area contributed by atoms with E-state index in [0.29, 0.717) is 0 Å². The number of rotatable bonds is 4. The molecule has 0 spiro atoms. The van der Waals surface area contributed by atoms with Crippen molar-refractivity contribution in [3.8, 4) is 0 Å². The molecule has 0 aromatic rings. The van der Waals surface area contributed by atoms with E-state index in [9.17, 15) is 4.79 Å². The van der Waals surface area contributed by atoms with E-state index in [1.807, 2.05) is 4.90 Å². The largest absolute Gasteiger partial charge is 0.338 e. The third-order valence-electron chi connectivity index (χ3n) is 3.58. The smallest absolute Gasteiger partial charge is 0.317 e. The van der Waals surface area contributed by atoms with Crippen LogP contribution in [0.5, 0.6) is 0 Å². The van der Waals surface area contributed by atoms with Crippen molar-refractivity contribution in [2.75, 3.05) is 19.6 Å². The van der Waals surface area contributed by atoms with E-state index in [2.05, 4.69) is 26.1 Å². The number of likely N-dealkylation sites (tertiary alicyclic amines) is 1. The molecule has 3 nitrogen and oxygen atoms in total. The number of unbranched alkanes of at least 4 members (excludes halogenated alkanes) is 1. The highest BCUT2D eigenvalue weighted by molar-refractivity contribution is 5.74. The molecule has 0 bridgehead atoms. The van der Waals surface area contributed by atoms with Crippen LogP contribution in [0.3, 0.4) is 0 Å². The summed E-state index contributed by atoms with van der Waals surface area (Å²) in [5.41, 5.74) is 0. The first-order valence-corrected chi connectivity index (χ1v) is 6.68. The predicted molar refractivity (Wildman–Crippen MR) is 67.4 cm³/mol. The van der Waals surface area contributed by atoms with Crippen LogP contribution >= 0.6 is 0 Å². The summed E-state index contributed by atoms with van der Waals surface area (Å²) in [6.07, 6.45) is 4.54. The molecule has 1 heterocycles. The lowest BCUT2D eigenvalue weighted by Crippen LogP contribution is -2.45. The van der Waals surface area contributed by atoms with Crippen LogP contribution in [0, 0.1) is 11.8 Å². The Bertz CT molecular complexity index is 208. The van der Waals surface area contributed by atoms with Gasteiger partial charge in [0.25, 0.3) is 0 Å². The molecular formula is C13H26N2O. The van der Waals surface area contributed by atoms with Gasteiger partial charge < -0.3 is 10.2 Å². The molecular weight excluding hydrogens is 200 g/mol. The molecule has 1 saturated heterocycles. The lowest BCUT2D eigenvalue weighted by atomic mass is 9.87. The first-order chi connectivity index (χ1) is 7.65. The molecule has 0 saturated carbocycles. The van der Waals surface area contributed by atoms with Crippen molar-refractivity contribution in [2.45, 2.75) is 46.5 Å². The van der Waals surface area contributed by atoms with Crippen LogP contribution in [0.4, 0.5) is 4.79 Å². The van der Waals surface area contributed by atoms with Gasteiger partial charge in [-0.25, -0.2) is 4.79 Å². The predicted octanol–water partition coefficient (Wildman–Crippen LogP) is 2.86. The fourth-order valence-electron chi connectivity index (χ4n) is 2.25. The summed E-state index contributed by atoms with van der Waals surface area (Å²) in [5, 5.41) is 2.98. The fourth-order valence-corrected chi connectivity index (χ4v) is 2.25. The van der Waals surface area contributed by atoms with Crippen molar-refractivity contribution < 1.29 is 4.79 Å². The quantitative estimate of drug-likeness (QED) is 0.734. The Morgan fingerprint density at radius 2 is 2.00 bits per heavy atom. The van der Waals surface area contributed by atoms with Gasteiger partial charge in [-0.15, -0.1) is 0 Å². The molecule has 0 aromatic carbocycles. The average molecular weight is 226 g/mol. The number of amides is 2. The Kier molecular flexibility index (Phi) is 5.64. The van der Waals surface area contributed by atoms with Gasteiger partial charge in [0.15, 0.2) is 0 Å². The number of piperidine rings is 1. The van der Waals surface area contributed by atoms with Gasteiger partial charge in [0, 0.05) is 19.6 Å². The van der Waals surface area contributed by atoms with Crippen molar-refractivity contribution in [1.82, 2.24) is 10.2 Å². The molecule has 1 N–H and O–H groups in total. The molecule has 0 radical (unpaired) electrons. The minimum Gasteiger partial charge on any atom is -0.338 e. The van der Waals surface area contributed by atoms with Crippen molar-refractivity contribution in [3.63, 3.8) is 0 Å². The highest BCUT2D eigenvalue weighted by Gasteiger charge is 2.23. The molecule has 0 aliphatic carbocycles. The van der Waals surface area contributed by atoms with Crippen molar-refractivity contribution >= 4 is 6.03 Å². The van der Waals surface area contributed by atoms with Crippen LogP contribution in [-0.4, -0.2) is 30.6 Å². The number of hydrogen-bond donors (Lipinski definition) is 1. The zero-order chi connectivity index (χ0) is 12.0. The second-order valence-corrected chi connectivity index (χ2v) is 5.15. The lowest BCUT2D eigenvalue weighted by Gasteiger charge is -2.33. The van der Waals surface area contributed by atoms with Crippen LogP contribution in [-0.2, 0) is 0 Å². The van der Waals surface area contributed by atoms with Gasteiger partial charge in [-0.2, -0.15) is 0 Å². The second-order valence-electron chi connectivity index (χ2n) is 5.15. The second kappa shape index (κ2) is 6.77. The van der Waals surface area contributed by atoms with Gasteiger partial charge in [-0.05, 0) is 31.1 Å². The molecule has 3 heteroatoms. The molecule has 1 aliphatic rings. The van der Waals surface area contributed by atoms with Gasteiger partial charge in [0.1, 0.15) is 0 Å².